The lowest BCUT2D eigenvalue weighted by Crippen LogP contribution is -2.24. The highest BCUT2D eigenvalue weighted by atomic mass is 35.5. The van der Waals surface area contributed by atoms with Crippen LogP contribution in [0.1, 0.15) is 13.8 Å². The van der Waals surface area contributed by atoms with Crippen LogP contribution >= 0.6 is 11.6 Å². The van der Waals surface area contributed by atoms with Gasteiger partial charge >= 0.3 is 11.4 Å². The van der Waals surface area contributed by atoms with E-state index < -0.39 is 9.85 Å². The Balaban J connectivity index is 3.60. The molecule has 0 amide bonds. The van der Waals surface area contributed by atoms with Crippen LogP contribution in [0.25, 0.3) is 0 Å². The highest BCUT2D eigenvalue weighted by Gasteiger charge is 2.29. The van der Waals surface area contributed by atoms with Gasteiger partial charge in [0.25, 0.3) is 0 Å². The lowest BCUT2D eigenvalue weighted by atomic mass is 10.2. The Morgan fingerprint density at radius 2 is 1.50 bits per heavy atom. The molecule has 0 N–H and O–H groups in total. The standard InChI is InChI=1S/C10H12ClN3O4/c1-3-12(4-2)10-8(13(15)16)5-7(11)6-9(10)14(17)18/h5-6H,3-4H2,1-2H3. The summed E-state index contributed by atoms with van der Waals surface area (Å²) in [5.41, 5.74) is -0.699. The van der Waals surface area contributed by atoms with E-state index in [0.717, 1.165) is 12.1 Å². The molecule has 0 aliphatic carbocycles. The van der Waals surface area contributed by atoms with Crippen LogP contribution in [0.3, 0.4) is 0 Å². The summed E-state index contributed by atoms with van der Waals surface area (Å²) in [4.78, 5) is 22.2. The molecule has 0 aromatic heterocycles. The predicted octanol–water partition coefficient (Wildman–Crippen LogP) is 3.00. The van der Waals surface area contributed by atoms with Crippen LogP contribution in [0.4, 0.5) is 17.1 Å². The van der Waals surface area contributed by atoms with Crippen LogP contribution < -0.4 is 4.90 Å². The largest absolute Gasteiger partial charge is 0.361 e. The maximum absolute atomic E-state index is 11.0. The van der Waals surface area contributed by atoms with Gasteiger partial charge < -0.3 is 4.90 Å². The van der Waals surface area contributed by atoms with E-state index in [9.17, 15) is 20.2 Å². The van der Waals surface area contributed by atoms with Crippen molar-refractivity contribution in [2.75, 3.05) is 18.0 Å². The lowest BCUT2D eigenvalue weighted by molar-refractivity contribution is -0.392. The number of anilines is 1. The summed E-state index contributed by atoms with van der Waals surface area (Å²) >= 11 is 5.67. The first-order valence-corrected chi connectivity index (χ1v) is 5.67. The fraction of sp³-hybridized carbons (Fsp3) is 0.400. The molecule has 1 aromatic carbocycles. The average Bonchev–Trinajstić information content (AvgIpc) is 2.31. The van der Waals surface area contributed by atoms with E-state index in [-0.39, 0.29) is 22.1 Å². The summed E-state index contributed by atoms with van der Waals surface area (Å²) < 4.78 is 0. The highest BCUT2D eigenvalue weighted by molar-refractivity contribution is 6.31. The van der Waals surface area contributed by atoms with Crippen molar-refractivity contribution in [2.45, 2.75) is 13.8 Å². The monoisotopic (exact) mass is 273 g/mol. The minimum atomic E-state index is -0.660. The van der Waals surface area contributed by atoms with E-state index in [1.807, 2.05) is 0 Å². The van der Waals surface area contributed by atoms with Gasteiger partial charge in [-0.3, -0.25) is 20.2 Å². The van der Waals surface area contributed by atoms with Gasteiger partial charge in [0.15, 0.2) is 5.69 Å². The molecule has 7 nitrogen and oxygen atoms in total. The molecule has 98 valence electrons. The minimum absolute atomic E-state index is 0.000556. The fourth-order valence-corrected chi connectivity index (χ4v) is 1.92. The van der Waals surface area contributed by atoms with Crippen molar-refractivity contribution >= 4 is 28.7 Å². The first-order chi connectivity index (χ1) is 8.42. The fourth-order valence-electron chi connectivity index (χ4n) is 1.71. The molecule has 0 heterocycles. The summed E-state index contributed by atoms with van der Waals surface area (Å²) in [5.74, 6) is 0. The molecule has 0 spiro atoms. The normalized spacial score (nSPS) is 10.2. The molecule has 0 radical (unpaired) electrons. The maximum atomic E-state index is 11.0. The van der Waals surface area contributed by atoms with E-state index in [0.29, 0.717) is 13.1 Å². The zero-order chi connectivity index (χ0) is 13.9. The second kappa shape index (κ2) is 5.63. The second-order valence-corrected chi connectivity index (χ2v) is 3.92. The van der Waals surface area contributed by atoms with Gasteiger partial charge in [0.1, 0.15) is 0 Å². The van der Waals surface area contributed by atoms with Crippen molar-refractivity contribution in [3.05, 3.63) is 37.4 Å². The number of hydrogen-bond donors (Lipinski definition) is 0. The Labute approximate surface area is 108 Å². The van der Waals surface area contributed by atoms with Gasteiger partial charge in [-0.15, -0.1) is 0 Å². The Morgan fingerprint density at radius 1 is 1.11 bits per heavy atom. The molecular weight excluding hydrogens is 262 g/mol. The summed E-state index contributed by atoms with van der Waals surface area (Å²) in [6.45, 7) is 4.40. The van der Waals surface area contributed by atoms with Crippen molar-refractivity contribution in [1.29, 1.82) is 0 Å². The van der Waals surface area contributed by atoms with Gasteiger partial charge in [-0.2, -0.15) is 0 Å². The summed E-state index contributed by atoms with van der Waals surface area (Å²) in [6.07, 6.45) is 0. The Kier molecular flexibility index (Phi) is 4.43. The van der Waals surface area contributed by atoms with Crippen LogP contribution in [0.5, 0.6) is 0 Å². The molecule has 0 bridgehead atoms. The topological polar surface area (TPSA) is 89.5 Å². The molecule has 0 saturated heterocycles. The molecule has 1 aromatic rings. The number of halogens is 1. The zero-order valence-corrected chi connectivity index (χ0v) is 10.7. The van der Waals surface area contributed by atoms with E-state index in [2.05, 4.69) is 0 Å². The third-order valence-corrected chi connectivity index (χ3v) is 2.73. The summed E-state index contributed by atoms with van der Waals surface area (Å²) in [7, 11) is 0. The molecule has 1 rings (SSSR count). The third-order valence-electron chi connectivity index (χ3n) is 2.51. The third kappa shape index (κ3) is 2.67. The van der Waals surface area contributed by atoms with Gasteiger partial charge in [-0.25, -0.2) is 0 Å². The molecule has 8 heteroatoms. The molecule has 0 aliphatic heterocycles. The number of nitrogens with zero attached hydrogens (tertiary/aromatic N) is 3. The van der Waals surface area contributed by atoms with Crippen molar-refractivity contribution in [3.63, 3.8) is 0 Å². The van der Waals surface area contributed by atoms with E-state index in [1.165, 1.54) is 0 Å². The number of nitro benzene ring substituents is 2. The van der Waals surface area contributed by atoms with Crippen LogP contribution in [0.15, 0.2) is 12.1 Å². The average molecular weight is 274 g/mol. The number of nitro groups is 2. The molecule has 0 unspecified atom stereocenters. The summed E-state index contributed by atoms with van der Waals surface area (Å²) in [6, 6.07) is 2.25. The van der Waals surface area contributed by atoms with Crippen LogP contribution in [-0.4, -0.2) is 22.9 Å². The van der Waals surface area contributed by atoms with Gasteiger partial charge in [0.2, 0.25) is 0 Å². The second-order valence-electron chi connectivity index (χ2n) is 3.48. The lowest BCUT2D eigenvalue weighted by Gasteiger charge is -2.20. The predicted molar refractivity (Wildman–Crippen MR) is 68.3 cm³/mol. The van der Waals surface area contributed by atoms with Gasteiger partial charge in [0.05, 0.1) is 14.9 Å². The Morgan fingerprint density at radius 3 is 1.78 bits per heavy atom. The van der Waals surface area contributed by atoms with Gasteiger partial charge in [-0.05, 0) is 13.8 Å². The number of benzene rings is 1. The molecule has 0 atom stereocenters. The smallest absolute Gasteiger partial charge is 0.301 e. The van der Waals surface area contributed by atoms with Crippen molar-refractivity contribution in [3.8, 4) is 0 Å². The maximum Gasteiger partial charge on any atom is 0.301 e. The molecular formula is C10H12ClN3O4. The zero-order valence-electron chi connectivity index (χ0n) is 9.92. The van der Waals surface area contributed by atoms with E-state index >= 15 is 0 Å². The first kappa shape index (κ1) is 14.2. The van der Waals surface area contributed by atoms with Crippen molar-refractivity contribution in [1.82, 2.24) is 0 Å². The Bertz CT molecular complexity index is 453. The molecule has 18 heavy (non-hydrogen) atoms. The molecule has 0 fully saturated rings. The Hall–Kier alpha value is -1.89. The number of rotatable bonds is 5. The molecule has 0 saturated carbocycles. The van der Waals surface area contributed by atoms with Gasteiger partial charge in [-0.1, -0.05) is 11.6 Å². The van der Waals surface area contributed by atoms with E-state index in [4.69, 9.17) is 11.6 Å². The first-order valence-electron chi connectivity index (χ1n) is 5.29. The molecule has 0 aliphatic rings. The van der Waals surface area contributed by atoms with Crippen LogP contribution in [0, 0.1) is 20.2 Å². The van der Waals surface area contributed by atoms with Crippen molar-refractivity contribution in [2.24, 2.45) is 0 Å². The quantitative estimate of drug-likeness (QED) is 0.607. The number of hydrogen-bond acceptors (Lipinski definition) is 5. The van der Waals surface area contributed by atoms with Gasteiger partial charge in [0, 0.05) is 25.2 Å². The highest BCUT2D eigenvalue weighted by Crippen LogP contribution is 2.39. The minimum Gasteiger partial charge on any atom is -0.361 e. The van der Waals surface area contributed by atoms with Crippen LogP contribution in [0.2, 0.25) is 5.02 Å². The van der Waals surface area contributed by atoms with Crippen LogP contribution in [-0.2, 0) is 0 Å². The summed E-state index contributed by atoms with van der Waals surface area (Å²) in [5, 5.41) is 21.9. The van der Waals surface area contributed by atoms with Crippen molar-refractivity contribution < 1.29 is 9.85 Å². The SMILES string of the molecule is CCN(CC)c1c([N+](=O)[O-])cc(Cl)cc1[N+](=O)[O-]. The van der Waals surface area contributed by atoms with E-state index in [1.54, 1.807) is 18.7 Å².